The van der Waals surface area contributed by atoms with Crippen LogP contribution in [-0.2, 0) is 14.6 Å². The normalized spacial score (nSPS) is 32.8. The van der Waals surface area contributed by atoms with Crippen LogP contribution in [0.25, 0.3) is 0 Å². The summed E-state index contributed by atoms with van der Waals surface area (Å²) in [5.41, 5.74) is 0. The number of hydrogen-bond acceptors (Lipinski definition) is 11. The highest BCUT2D eigenvalue weighted by atomic mass is 32.3. The summed E-state index contributed by atoms with van der Waals surface area (Å²) in [6, 6.07) is 0. The van der Waals surface area contributed by atoms with Crippen LogP contribution in [0.2, 0.25) is 0 Å². The topological polar surface area (TPSA) is 225 Å². The summed E-state index contributed by atoms with van der Waals surface area (Å²) in [6.45, 7) is -1.52. The molecule has 156 valence electrons. The van der Waals surface area contributed by atoms with Crippen molar-refractivity contribution in [1.82, 2.24) is 0 Å². The Balaban J connectivity index is 2.95. The first-order valence-corrected chi connectivity index (χ1v) is 9.25. The van der Waals surface area contributed by atoms with E-state index >= 15 is 0 Å². The summed E-state index contributed by atoms with van der Waals surface area (Å²) in [6.07, 6.45) is -13.1. The molecule has 1 fully saturated rings. The molecule has 0 aromatic carbocycles. The lowest BCUT2D eigenvalue weighted by Crippen LogP contribution is -2.52. The van der Waals surface area contributed by atoms with Crippen LogP contribution < -0.4 is 0 Å². The largest absolute Gasteiger partial charge is 0.397 e. The highest BCUT2D eigenvalue weighted by Gasteiger charge is 2.45. The first-order valence-electron chi connectivity index (χ1n) is 7.88. The Kier molecular flexibility index (Phi) is 8.76. The second kappa shape index (κ2) is 9.66. The van der Waals surface area contributed by atoms with Gasteiger partial charge in [0, 0.05) is 12.5 Å². The Morgan fingerprint density at radius 2 is 1.58 bits per heavy atom. The summed E-state index contributed by atoms with van der Waals surface area (Å²) < 4.78 is 35.0. The van der Waals surface area contributed by atoms with E-state index < -0.39 is 78.2 Å². The van der Waals surface area contributed by atoms with Crippen molar-refractivity contribution in [3.8, 4) is 0 Å². The SMILES string of the molecule is O=S(=O)(O)O[C@@H]([C@H](O)[C@H](O)[C@H](O)CO)[C@H](O)CC1C[C@@H](O)[C@H](O)[C@H]1CO. The quantitative estimate of drug-likeness (QED) is 0.156. The fourth-order valence-electron chi connectivity index (χ4n) is 3.18. The predicted octanol–water partition coefficient (Wildman–Crippen LogP) is -4.65. The fourth-order valence-corrected chi connectivity index (χ4v) is 3.70. The minimum absolute atomic E-state index is 0.0417. The van der Waals surface area contributed by atoms with Gasteiger partial charge in [0.05, 0.1) is 24.9 Å². The third-order valence-corrected chi connectivity index (χ3v) is 5.08. The molecule has 0 spiro atoms. The summed E-state index contributed by atoms with van der Waals surface area (Å²) in [7, 11) is -5.18. The van der Waals surface area contributed by atoms with Crippen LogP contribution in [0.4, 0.5) is 0 Å². The number of aliphatic hydroxyl groups is 8. The van der Waals surface area contributed by atoms with Crippen LogP contribution in [0.3, 0.4) is 0 Å². The molecule has 1 aliphatic rings. The van der Waals surface area contributed by atoms with Crippen LogP contribution in [0.1, 0.15) is 12.8 Å². The average Bonchev–Trinajstić information content (AvgIpc) is 2.82. The average molecular weight is 406 g/mol. The van der Waals surface area contributed by atoms with Gasteiger partial charge in [0.1, 0.15) is 24.4 Å². The molecule has 0 bridgehead atoms. The molecule has 12 nitrogen and oxygen atoms in total. The maximum absolute atomic E-state index is 11.0. The van der Waals surface area contributed by atoms with Crippen molar-refractivity contribution in [1.29, 1.82) is 0 Å². The molecule has 1 unspecified atom stereocenters. The molecule has 1 aliphatic carbocycles. The lowest BCUT2D eigenvalue weighted by molar-refractivity contribution is -0.136. The van der Waals surface area contributed by atoms with Crippen molar-refractivity contribution in [2.75, 3.05) is 13.2 Å². The van der Waals surface area contributed by atoms with Gasteiger partial charge in [0.25, 0.3) is 0 Å². The van der Waals surface area contributed by atoms with Crippen molar-refractivity contribution >= 4 is 10.4 Å². The lowest BCUT2D eigenvalue weighted by atomic mass is 9.87. The molecule has 13 heteroatoms. The fraction of sp³-hybridized carbons (Fsp3) is 1.00. The second-order valence-electron chi connectivity index (χ2n) is 6.42. The molecule has 0 aromatic heterocycles. The Morgan fingerprint density at radius 1 is 1.00 bits per heavy atom. The Hall–Kier alpha value is -0.450. The third-order valence-electron chi connectivity index (χ3n) is 4.62. The van der Waals surface area contributed by atoms with E-state index in [9.17, 15) is 44.2 Å². The first kappa shape index (κ1) is 23.6. The van der Waals surface area contributed by atoms with Gasteiger partial charge in [0.15, 0.2) is 0 Å². The van der Waals surface area contributed by atoms with Gasteiger partial charge in [-0.3, -0.25) is 4.55 Å². The lowest BCUT2D eigenvalue weighted by Gasteiger charge is -2.32. The van der Waals surface area contributed by atoms with E-state index in [1.807, 2.05) is 0 Å². The zero-order chi connectivity index (χ0) is 20.2. The molecule has 0 saturated heterocycles. The van der Waals surface area contributed by atoms with Crippen LogP contribution >= 0.6 is 0 Å². The molecule has 0 aromatic rings. The van der Waals surface area contributed by atoms with Crippen LogP contribution in [0.5, 0.6) is 0 Å². The molecule has 1 rings (SSSR count). The minimum Gasteiger partial charge on any atom is -0.396 e. The van der Waals surface area contributed by atoms with E-state index in [0.29, 0.717) is 0 Å². The molecular weight excluding hydrogens is 380 g/mol. The highest BCUT2D eigenvalue weighted by molar-refractivity contribution is 7.80. The van der Waals surface area contributed by atoms with Crippen molar-refractivity contribution < 1.29 is 58.0 Å². The highest BCUT2D eigenvalue weighted by Crippen LogP contribution is 2.36. The standard InChI is InChI=1S/C13H26O12S/c14-3-6-5(1-7(16)10(6)19)2-8(17)13(25-26(22,23)24)12(21)11(20)9(18)4-15/h5-21H,1-4H2,(H,22,23,24)/t5?,6-,7+,8+,9+,10+,11+,12+,13+/m0/s1. The van der Waals surface area contributed by atoms with Gasteiger partial charge >= 0.3 is 10.4 Å². The van der Waals surface area contributed by atoms with Gasteiger partial charge in [-0.2, -0.15) is 8.42 Å². The molecule has 0 aliphatic heterocycles. The minimum atomic E-state index is -5.18. The zero-order valence-corrected chi connectivity index (χ0v) is 14.5. The first-order chi connectivity index (χ1) is 11.9. The smallest absolute Gasteiger partial charge is 0.396 e. The summed E-state index contributed by atoms with van der Waals surface area (Å²) in [5.74, 6) is -1.53. The maximum atomic E-state index is 11.0. The maximum Gasteiger partial charge on any atom is 0.397 e. The van der Waals surface area contributed by atoms with Crippen LogP contribution in [-0.4, -0.2) is 110 Å². The van der Waals surface area contributed by atoms with Crippen molar-refractivity contribution in [3.05, 3.63) is 0 Å². The molecular formula is C13H26O12S. The van der Waals surface area contributed by atoms with Gasteiger partial charge in [0.2, 0.25) is 0 Å². The van der Waals surface area contributed by atoms with Crippen LogP contribution in [0.15, 0.2) is 0 Å². The number of hydrogen-bond donors (Lipinski definition) is 9. The van der Waals surface area contributed by atoms with E-state index in [2.05, 4.69) is 4.18 Å². The summed E-state index contributed by atoms with van der Waals surface area (Å²) in [5, 5.41) is 76.8. The molecule has 26 heavy (non-hydrogen) atoms. The summed E-state index contributed by atoms with van der Waals surface area (Å²) in [4.78, 5) is 0. The van der Waals surface area contributed by atoms with Crippen molar-refractivity contribution in [2.45, 2.75) is 55.6 Å². The Labute approximate surface area is 149 Å². The van der Waals surface area contributed by atoms with Gasteiger partial charge in [-0.05, 0) is 18.8 Å². The van der Waals surface area contributed by atoms with E-state index in [4.69, 9.17) is 9.66 Å². The van der Waals surface area contributed by atoms with Crippen LogP contribution in [0, 0.1) is 11.8 Å². The molecule has 9 N–H and O–H groups in total. The predicted molar refractivity (Wildman–Crippen MR) is 82.8 cm³/mol. The molecule has 0 heterocycles. The molecule has 0 amide bonds. The second-order valence-corrected chi connectivity index (χ2v) is 7.47. The molecule has 1 saturated carbocycles. The van der Waals surface area contributed by atoms with Gasteiger partial charge in [-0.1, -0.05) is 0 Å². The number of rotatable bonds is 10. The Bertz CT molecular complexity index is 527. The molecule has 0 radical (unpaired) electrons. The van der Waals surface area contributed by atoms with E-state index in [0.717, 1.165) is 0 Å². The van der Waals surface area contributed by atoms with Gasteiger partial charge in [-0.15, -0.1) is 0 Å². The summed E-state index contributed by atoms with van der Waals surface area (Å²) >= 11 is 0. The van der Waals surface area contributed by atoms with E-state index in [1.165, 1.54) is 0 Å². The van der Waals surface area contributed by atoms with E-state index in [1.54, 1.807) is 0 Å². The van der Waals surface area contributed by atoms with Gasteiger partial charge in [-0.25, -0.2) is 4.18 Å². The van der Waals surface area contributed by atoms with Crippen molar-refractivity contribution in [3.63, 3.8) is 0 Å². The number of aliphatic hydroxyl groups excluding tert-OH is 8. The zero-order valence-electron chi connectivity index (χ0n) is 13.7. The van der Waals surface area contributed by atoms with Crippen molar-refractivity contribution in [2.24, 2.45) is 11.8 Å². The third kappa shape index (κ3) is 6.03. The monoisotopic (exact) mass is 406 g/mol. The van der Waals surface area contributed by atoms with E-state index in [-0.39, 0.29) is 12.8 Å². The van der Waals surface area contributed by atoms with Gasteiger partial charge < -0.3 is 40.9 Å². The molecule has 9 atom stereocenters. The Morgan fingerprint density at radius 3 is 2.04 bits per heavy atom.